The van der Waals surface area contributed by atoms with E-state index in [1.165, 1.54) is 0 Å². The zero-order valence-electron chi connectivity index (χ0n) is 56.5. The number of rotatable bonds is 12. The number of aldehydes is 1. The number of nitrogens with one attached hydrogen (secondary N) is 2. The maximum absolute atomic E-state index is 14.8. The molecule has 2 aromatic rings. The summed E-state index contributed by atoms with van der Waals surface area (Å²) in [5, 5.41) is 15.3. The Kier molecular flexibility index (Phi) is 27.1. The maximum atomic E-state index is 14.8. The van der Waals surface area contributed by atoms with Crippen LogP contribution in [0.15, 0.2) is 24.3 Å². The van der Waals surface area contributed by atoms with E-state index in [2.05, 4.69) is 150 Å². The summed E-state index contributed by atoms with van der Waals surface area (Å²) in [6.45, 7) is 55.8. The monoisotopic (exact) mass is 1250 g/mol. The van der Waals surface area contributed by atoms with Crippen molar-refractivity contribution < 1.29 is 55.0 Å². The number of hydrogen-bond donors (Lipinski definition) is 3. The van der Waals surface area contributed by atoms with Crippen LogP contribution in [0.1, 0.15) is 249 Å². The van der Waals surface area contributed by atoms with Gasteiger partial charge in [-0.2, -0.15) is 13.2 Å². The minimum absolute atomic E-state index is 0.0809. The molecule has 2 amide bonds. The molecule has 0 saturated heterocycles. The maximum Gasteiger partial charge on any atom is 0.446 e. The molecule has 490 valence electrons. The summed E-state index contributed by atoms with van der Waals surface area (Å²) in [5.74, 6) is -3.42. The molecule has 4 rings (SSSR count). The molecule has 0 aliphatic heterocycles. The lowest BCUT2D eigenvalue weighted by molar-refractivity contribution is -0.157. The number of carbonyl (C=O) groups excluding carboxylic acids is 3. The van der Waals surface area contributed by atoms with Gasteiger partial charge in [0.1, 0.15) is 29.3 Å². The van der Waals surface area contributed by atoms with Crippen molar-refractivity contribution in [1.82, 2.24) is 25.3 Å². The molecule has 5 atom stereocenters. The molecule has 0 bridgehead atoms. The second kappa shape index (κ2) is 29.0. The van der Waals surface area contributed by atoms with Crippen LogP contribution in [-0.4, -0.2) is 101 Å². The van der Waals surface area contributed by atoms with Gasteiger partial charge < -0.3 is 15.7 Å². The summed E-state index contributed by atoms with van der Waals surface area (Å²) >= 11 is 11.5. The van der Waals surface area contributed by atoms with E-state index in [-0.39, 0.29) is 94.3 Å². The Balaban J connectivity index is 0.000000631. The molecule has 0 heterocycles. The number of nitrogens with zero attached hydrogens (tertiary/aromatic N) is 3. The zero-order valence-corrected chi connectivity index (χ0v) is 58.0. The third-order valence-corrected chi connectivity index (χ3v) is 15.6. The highest BCUT2D eigenvalue weighted by Gasteiger charge is 2.50. The first-order chi connectivity index (χ1) is 37.6. The molecule has 2 aromatic carbocycles. The van der Waals surface area contributed by atoms with Gasteiger partial charge in [0.05, 0.1) is 34.2 Å². The van der Waals surface area contributed by atoms with Gasteiger partial charge in [0.25, 0.3) is 0 Å². The van der Waals surface area contributed by atoms with E-state index >= 15 is 0 Å². The number of hydrogen-bond acceptors (Lipinski definition) is 7. The normalized spacial score (nSPS) is 17.1. The van der Waals surface area contributed by atoms with Crippen molar-refractivity contribution in [3.63, 3.8) is 0 Å². The Morgan fingerprint density at radius 2 is 0.682 bits per heavy atom. The molecule has 2 saturated carbocycles. The van der Waals surface area contributed by atoms with Gasteiger partial charge in [-0.1, -0.05) is 98.4 Å². The third-order valence-electron chi connectivity index (χ3n) is 15.0. The van der Waals surface area contributed by atoms with Crippen LogP contribution < -0.4 is 10.6 Å². The largest absolute Gasteiger partial charge is 0.480 e. The van der Waals surface area contributed by atoms with E-state index < -0.39 is 71.9 Å². The van der Waals surface area contributed by atoms with Crippen LogP contribution in [-0.2, 0) is 19.2 Å². The van der Waals surface area contributed by atoms with Gasteiger partial charge in [-0.05, 0) is 203 Å². The van der Waals surface area contributed by atoms with Gasteiger partial charge >= 0.3 is 12.1 Å². The molecule has 0 spiro atoms. The predicted octanol–water partition coefficient (Wildman–Crippen LogP) is 17.9. The summed E-state index contributed by atoms with van der Waals surface area (Å²) in [4.78, 5) is 54.5. The van der Waals surface area contributed by atoms with E-state index in [1.54, 1.807) is 0 Å². The standard InChI is InChI=1S/2C25H39ClF2N2O.C14H29NO2.C2HF3O/c2*1-23(2,3)21(30(24(4,5)6)25(7,8)9)22(31)29-20(15-11-10-12-15)16-13-19(28)17(26)14-18(16)27;1-12(2,3)10(11(16)17)15(13(4,5)6)14(7,8)9;3-2(4,5)1-6/h2*13-15,20-21H,10-12H2,1-9H3,(H,29,31);10H,1-9H3,(H,16,17);1H/t2*20?,21-;10-;/m000./s1. The molecule has 2 fully saturated rings. The Bertz CT molecular complexity index is 2370. The molecule has 85 heavy (non-hydrogen) atoms. The number of aliphatic carboxylic acids is 1. The van der Waals surface area contributed by atoms with E-state index in [0.29, 0.717) is 0 Å². The molecule has 0 aromatic heterocycles. The van der Waals surface area contributed by atoms with Crippen LogP contribution in [0.4, 0.5) is 30.7 Å². The highest BCUT2D eigenvalue weighted by Crippen LogP contribution is 2.44. The average molecular weight is 1260 g/mol. The predicted molar refractivity (Wildman–Crippen MR) is 333 cm³/mol. The molecule has 0 radical (unpaired) electrons. The van der Waals surface area contributed by atoms with Crippen molar-refractivity contribution in [1.29, 1.82) is 0 Å². The lowest BCUT2D eigenvalue weighted by Crippen LogP contribution is -2.65. The van der Waals surface area contributed by atoms with Crippen molar-refractivity contribution >= 4 is 47.3 Å². The SMILES string of the molecule is CC(C)(C)[C@H](C(=O)NC(c1cc(F)c(Cl)cc1F)C1CCC1)N(C(C)(C)C)C(C)(C)C.CC(C)(C)[C@H](C(=O)NC(c1cc(F)c(Cl)cc1F)C1CCC1)N(C(C)(C)C)C(C)(C)C.CC(C)(C)[C@H](C(=O)O)N(C(C)(C)C)C(C)(C)C.O=CC(F)(F)F. The first kappa shape index (κ1) is 79.5. The highest BCUT2D eigenvalue weighted by atomic mass is 35.5. The van der Waals surface area contributed by atoms with Crippen molar-refractivity contribution in [3.05, 3.63) is 68.7 Å². The average Bonchev–Trinajstić information content (AvgIpc) is 2.38. The smallest absolute Gasteiger partial charge is 0.446 e. The summed E-state index contributed by atoms with van der Waals surface area (Å²) in [6, 6.07) is 1.69. The molecular formula is C66H108Cl2F7N5O5. The Morgan fingerprint density at radius 3 is 0.835 bits per heavy atom. The summed E-state index contributed by atoms with van der Waals surface area (Å²) < 4.78 is 89.3. The molecule has 2 aliphatic carbocycles. The van der Waals surface area contributed by atoms with Gasteiger partial charge in [-0.25, -0.2) is 17.6 Å². The van der Waals surface area contributed by atoms with Gasteiger partial charge in [0, 0.05) is 44.4 Å². The third kappa shape index (κ3) is 23.4. The number of carboxylic acids is 1. The molecule has 19 heteroatoms. The fourth-order valence-corrected chi connectivity index (χ4v) is 12.8. The first-order valence-electron chi connectivity index (χ1n) is 29.7. The van der Waals surface area contributed by atoms with Crippen LogP contribution in [0.5, 0.6) is 0 Å². The second-order valence-electron chi connectivity index (χ2n) is 32.4. The fraction of sp³-hybridized carbons (Fsp3) is 0.758. The van der Waals surface area contributed by atoms with Crippen LogP contribution in [0.3, 0.4) is 0 Å². The number of carbonyl (C=O) groups is 4. The van der Waals surface area contributed by atoms with Gasteiger partial charge in [0.2, 0.25) is 18.1 Å². The number of alkyl halides is 3. The zero-order chi connectivity index (χ0) is 67.3. The minimum Gasteiger partial charge on any atom is -0.480 e. The molecular weight excluding hydrogens is 1150 g/mol. The van der Waals surface area contributed by atoms with Gasteiger partial charge in [-0.15, -0.1) is 0 Å². The first-order valence-corrected chi connectivity index (χ1v) is 30.4. The van der Waals surface area contributed by atoms with E-state index in [9.17, 15) is 50.2 Å². The summed E-state index contributed by atoms with van der Waals surface area (Å²) in [7, 11) is 0. The van der Waals surface area contributed by atoms with Crippen LogP contribution in [0, 0.1) is 51.3 Å². The topological polar surface area (TPSA) is 122 Å². The number of halogens is 9. The van der Waals surface area contributed by atoms with Gasteiger partial charge in [-0.3, -0.25) is 33.9 Å². The summed E-state index contributed by atoms with van der Waals surface area (Å²) in [5.41, 5.74) is -2.20. The van der Waals surface area contributed by atoms with Crippen LogP contribution in [0.25, 0.3) is 0 Å². The van der Waals surface area contributed by atoms with E-state index in [0.717, 1.165) is 62.8 Å². The highest BCUT2D eigenvalue weighted by molar-refractivity contribution is 6.31. The molecule has 10 nitrogen and oxygen atoms in total. The fourth-order valence-electron chi connectivity index (χ4n) is 12.5. The molecule has 3 N–H and O–H groups in total. The number of benzene rings is 2. The van der Waals surface area contributed by atoms with Crippen molar-refractivity contribution in [2.75, 3.05) is 0 Å². The Morgan fingerprint density at radius 1 is 0.459 bits per heavy atom. The van der Waals surface area contributed by atoms with Crippen molar-refractivity contribution in [2.45, 2.75) is 295 Å². The van der Waals surface area contributed by atoms with Crippen molar-refractivity contribution in [3.8, 4) is 0 Å². The summed E-state index contributed by atoms with van der Waals surface area (Å²) in [6.07, 6.45) is -0.170. The van der Waals surface area contributed by atoms with Crippen LogP contribution >= 0.6 is 23.2 Å². The second-order valence-corrected chi connectivity index (χ2v) is 33.2. The Labute approximate surface area is 517 Å². The van der Waals surface area contributed by atoms with Crippen LogP contribution in [0.2, 0.25) is 10.0 Å². The number of carboxylic acid groups (broad SMARTS) is 1. The van der Waals surface area contributed by atoms with Gasteiger partial charge in [0.15, 0.2) is 0 Å². The Hall–Kier alpha value is -3.51. The quantitative estimate of drug-likeness (QED) is 0.109. The minimum atomic E-state index is -4.64. The lowest BCUT2D eigenvalue weighted by Gasteiger charge is -2.53. The molecule has 2 unspecified atom stereocenters. The number of amides is 2. The van der Waals surface area contributed by atoms with E-state index in [1.807, 2.05) is 62.3 Å². The van der Waals surface area contributed by atoms with Crippen molar-refractivity contribution in [2.24, 2.45) is 28.1 Å². The molecule has 2 aliphatic rings. The van der Waals surface area contributed by atoms with E-state index in [4.69, 9.17) is 28.0 Å². The lowest BCUT2D eigenvalue weighted by atomic mass is 9.76.